The van der Waals surface area contributed by atoms with Crippen LogP contribution in [-0.4, -0.2) is 32.3 Å². The first kappa shape index (κ1) is 12.3. The SMILES string of the molecule is O=C1CCC(c2cc(C(=O)O)cn3ccnc23)C(=O)N1. The molecule has 2 aromatic heterocycles. The van der Waals surface area contributed by atoms with Crippen molar-refractivity contribution in [3.63, 3.8) is 0 Å². The maximum absolute atomic E-state index is 11.9. The number of carboxylic acid groups (broad SMARTS) is 1. The summed E-state index contributed by atoms with van der Waals surface area (Å²) in [6, 6.07) is 1.45. The zero-order valence-corrected chi connectivity index (χ0v) is 10.4. The van der Waals surface area contributed by atoms with Crippen LogP contribution in [0.1, 0.15) is 34.7 Å². The molecular formula is C13H11N3O4. The highest BCUT2D eigenvalue weighted by molar-refractivity contribution is 6.02. The van der Waals surface area contributed by atoms with Crippen molar-refractivity contribution in [2.75, 3.05) is 0 Å². The quantitative estimate of drug-likeness (QED) is 0.778. The molecule has 1 aliphatic heterocycles. The number of carbonyl (C=O) groups is 3. The van der Waals surface area contributed by atoms with Gasteiger partial charge in [-0.1, -0.05) is 0 Å². The molecule has 0 radical (unpaired) electrons. The van der Waals surface area contributed by atoms with Crippen molar-refractivity contribution in [1.29, 1.82) is 0 Å². The fourth-order valence-corrected chi connectivity index (χ4v) is 2.42. The smallest absolute Gasteiger partial charge is 0.337 e. The maximum Gasteiger partial charge on any atom is 0.337 e. The van der Waals surface area contributed by atoms with Gasteiger partial charge in [-0.2, -0.15) is 0 Å². The minimum atomic E-state index is -1.07. The number of aromatic nitrogens is 2. The molecule has 7 nitrogen and oxygen atoms in total. The van der Waals surface area contributed by atoms with Crippen LogP contribution in [0.4, 0.5) is 0 Å². The molecule has 0 spiro atoms. The molecule has 1 unspecified atom stereocenters. The molecule has 1 fully saturated rings. The molecule has 2 amide bonds. The number of carbonyl (C=O) groups excluding carboxylic acids is 2. The van der Waals surface area contributed by atoms with Crippen LogP contribution < -0.4 is 5.32 Å². The third-order valence-corrected chi connectivity index (χ3v) is 3.38. The van der Waals surface area contributed by atoms with Crippen LogP contribution in [0.5, 0.6) is 0 Å². The van der Waals surface area contributed by atoms with E-state index in [1.807, 2.05) is 0 Å². The first-order chi connectivity index (χ1) is 9.56. The van der Waals surface area contributed by atoms with Gasteiger partial charge in [-0.3, -0.25) is 14.9 Å². The number of imidazole rings is 1. The Labute approximate surface area is 113 Å². The molecule has 0 saturated carbocycles. The largest absolute Gasteiger partial charge is 0.478 e. The van der Waals surface area contributed by atoms with Crippen LogP contribution in [0.15, 0.2) is 24.7 Å². The molecule has 7 heteroatoms. The molecule has 3 heterocycles. The average Bonchev–Trinajstić information content (AvgIpc) is 2.86. The lowest BCUT2D eigenvalue weighted by atomic mass is 9.90. The van der Waals surface area contributed by atoms with E-state index in [0.717, 1.165) is 0 Å². The molecule has 0 aromatic carbocycles. The first-order valence-corrected chi connectivity index (χ1v) is 6.10. The van der Waals surface area contributed by atoms with Crippen LogP contribution in [0.25, 0.3) is 5.65 Å². The number of nitrogens with one attached hydrogen (secondary N) is 1. The number of piperidine rings is 1. The Kier molecular flexibility index (Phi) is 2.74. The van der Waals surface area contributed by atoms with Crippen molar-refractivity contribution in [3.05, 3.63) is 35.8 Å². The highest BCUT2D eigenvalue weighted by Crippen LogP contribution is 2.28. The van der Waals surface area contributed by atoms with Gasteiger partial charge in [0, 0.05) is 30.6 Å². The number of pyridine rings is 1. The number of hydrogen-bond donors (Lipinski definition) is 2. The normalized spacial score (nSPS) is 19.1. The van der Waals surface area contributed by atoms with Crippen molar-refractivity contribution in [2.45, 2.75) is 18.8 Å². The standard InChI is InChI=1S/C13H11N3O4/c17-10-2-1-8(12(18)15-10)9-5-7(13(19)20)6-16-4-3-14-11(9)16/h3-6,8H,1-2H2,(H,19,20)(H,15,17,18). The summed E-state index contributed by atoms with van der Waals surface area (Å²) in [6.07, 6.45) is 5.20. The number of hydrogen-bond acceptors (Lipinski definition) is 4. The molecule has 3 rings (SSSR count). The number of fused-ring (bicyclic) bond motifs is 1. The number of imide groups is 1. The van der Waals surface area contributed by atoms with Crippen molar-refractivity contribution in [1.82, 2.24) is 14.7 Å². The lowest BCUT2D eigenvalue weighted by molar-refractivity contribution is -0.134. The first-order valence-electron chi connectivity index (χ1n) is 6.10. The lowest BCUT2D eigenvalue weighted by Gasteiger charge is -2.21. The van der Waals surface area contributed by atoms with Crippen LogP contribution in [0.3, 0.4) is 0 Å². The summed E-state index contributed by atoms with van der Waals surface area (Å²) in [6.45, 7) is 0. The Hall–Kier alpha value is -2.70. The molecule has 102 valence electrons. The molecule has 2 aromatic rings. The highest BCUT2D eigenvalue weighted by atomic mass is 16.4. The molecule has 1 atom stereocenters. The topological polar surface area (TPSA) is 101 Å². The van der Waals surface area contributed by atoms with Crippen molar-refractivity contribution in [3.8, 4) is 0 Å². The number of rotatable bonds is 2. The summed E-state index contributed by atoms with van der Waals surface area (Å²) in [4.78, 5) is 38.4. The number of aromatic carboxylic acids is 1. The highest BCUT2D eigenvalue weighted by Gasteiger charge is 2.30. The second-order valence-corrected chi connectivity index (χ2v) is 4.65. The Bertz CT molecular complexity index is 734. The Morgan fingerprint density at radius 1 is 1.45 bits per heavy atom. The molecule has 1 aliphatic rings. The predicted molar refractivity (Wildman–Crippen MR) is 67.3 cm³/mol. The second kappa shape index (κ2) is 4.44. The van der Waals surface area contributed by atoms with Crippen LogP contribution in [0, 0.1) is 0 Å². The summed E-state index contributed by atoms with van der Waals surface area (Å²) >= 11 is 0. The van der Waals surface area contributed by atoms with Crippen molar-refractivity contribution in [2.24, 2.45) is 0 Å². The fraction of sp³-hybridized carbons (Fsp3) is 0.231. The van der Waals surface area contributed by atoms with Gasteiger partial charge in [-0.05, 0) is 12.5 Å². The monoisotopic (exact) mass is 273 g/mol. The average molecular weight is 273 g/mol. The summed E-state index contributed by atoms with van der Waals surface area (Å²) < 4.78 is 1.57. The minimum Gasteiger partial charge on any atom is -0.478 e. The molecule has 0 bridgehead atoms. The van der Waals surface area contributed by atoms with E-state index in [1.165, 1.54) is 18.5 Å². The zero-order chi connectivity index (χ0) is 14.3. The van der Waals surface area contributed by atoms with E-state index in [9.17, 15) is 14.4 Å². The summed E-state index contributed by atoms with van der Waals surface area (Å²) in [5, 5.41) is 11.4. The lowest BCUT2D eigenvalue weighted by Crippen LogP contribution is -2.39. The molecule has 1 saturated heterocycles. The fourth-order valence-electron chi connectivity index (χ4n) is 2.42. The summed E-state index contributed by atoms with van der Waals surface area (Å²) in [5.41, 5.74) is 1.14. The Balaban J connectivity index is 2.14. The van der Waals surface area contributed by atoms with Gasteiger partial charge in [-0.25, -0.2) is 9.78 Å². The van der Waals surface area contributed by atoms with Gasteiger partial charge in [0.25, 0.3) is 0 Å². The molecule has 0 aliphatic carbocycles. The van der Waals surface area contributed by atoms with E-state index in [4.69, 9.17) is 5.11 Å². The van der Waals surface area contributed by atoms with Crippen LogP contribution >= 0.6 is 0 Å². The predicted octanol–water partition coefficient (Wildman–Crippen LogP) is 0.553. The Morgan fingerprint density at radius 3 is 2.95 bits per heavy atom. The van der Waals surface area contributed by atoms with Gasteiger partial charge in [0.05, 0.1) is 11.5 Å². The molecule has 20 heavy (non-hydrogen) atoms. The molecular weight excluding hydrogens is 262 g/mol. The van der Waals surface area contributed by atoms with E-state index < -0.39 is 17.8 Å². The van der Waals surface area contributed by atoms with Gasteiger partial charge >= 0.3 is 5.97 Å². The van der Waals surface area contributed by atoms with Crippen LogP contribution in [-0.2, 0) is 9.59 Å². The molecule has 2 N–H and O–H groups in total. The number of carboxylic acids is 1. The maximum atomic E-state index is 11.9. The van der Waals surface area contributed by atoms with Crippen molar-refractivity contribution >= 4 is 23.4 Å². The summed E-state index contributed by atoms with van der Waals surface area (Å²) in [5.74, 6) is -2.35. The van der Waals surface area contributed by atoms with Gasteiger partial charge < -0.3 is 9.51 Å². The van der Waals surface area contributed by atoms with Gasteiger partial charge in [-0.15, -0.1) is 0 Å². The number of amides is 2. The third kappa shape index (κ3) is 1.93. The Morgan fingerprint density at radius 2 is 2.25 bits per heavy atom. The van der Waals surface area contributed by atoms with E-state index in [1.54, 1.807) is 10.6 Å². The number of nitrogens with zero attached hydrogens (tertiary/aromatic N) is 2. The third-order valence-electron chi connectivity index (χ3n) is 3.38. The van der Waals surface area contributed by atoms with E-state index in [-0.39, 0.29) is 17.9 Å². The van der Waals surface area contributed by atoms with Crippen molar-refractivity contribution < 1.29 is 19.5 Å². The van der Waals surface area contributed by atoms with E-state index >= 15 is 0 Å². The van der Waals surface area contributed by atoms with E-state index in [0.29, 0.717) is 17.6 Å². The second-order valence-electron chi connectivity index (χ2n) is 4.65. The van der Waals surface area contributed by atoms with E-state index in [2.05, 4.69) is 10.3 Å². The van der Waals surface area contributed by atoms with Gasteiger partial charge in [0.1, 0.15) is 5.65 Å². The van der Waals surface area contributed by atoms with Crippen LogP contribution in [0.2, 0.25) is 0 Å². The van der Waals surface area contributed by atoms with Gasteiger partial charge in [0.15, 0.2) is 0 Å². The minimum absolute atomic E-state index is 0.0789. The van der Waals surface area contributed by atoms with Gasteiger partial charge in [0.2, 0.25) is 11.8 Å². The summed E-state index contributed by atoms with van der Waals surface area (Å²) in [7, 11) is 0. The zero-order valence-electron chi connectivity index (χ0n) is 10.4.